The van der Waals surface area contributed by atoms with E-state index in [1.165, 1.54) is 7.05 Å². The molecule has 2 N–H and O–H groups in total. The van der Waals surface area contributed by atoms with Crippen LogP contribution in [0.5, 0.6) is 5.88 Å². The Morgan fingerprint density at radius 1 is 1.32 bits per heavy atom. The zero-order chi connectivity index (χ0) is 27.2. The summed E-state index contributed by atoms with van der Waals surface area (Å²) in [5.74, 6) is 0.381. The average molecular weight is 539 g/mol. The minimum atomic E-state index is -4.71. The summed E-state index contributed by atoms with van der Waals surface area (Å²) in [4.78, 5) is 32.2. The Hall–Kier alpha value is -3.88. The van der Waals surface area contributed by atoms with Crippen molar-refractivity contribution in [3.8, 4) is 5.88 Å². The Balaban J connectivity index is 1.26. The van der Waals surface area contributed by atoms with Gasteiger partial charge < -0.3 is 29.2 Å². The third kappa shape index (κ3) is 4.97. The fourth-order valence-corrected chi connectivity index (χ4v) is 4.45. The number of rotatable bonds is 5. The second-order valence-electron chi connectivity index (χ2n) is 9.31. The molecule has 2 fully saturated rings. The molecule has 0 saturated carbocycles. The molecule has 2 atom stereocenters. The first-order valence-corrected chi connectivity index (χ1v) is 11.8. The van der Waals surface area contributed by atoms with Crippen LogP contribution in [0.3, 0.4) is 0 Å². The summed E-state index contributed by atoms with van der Waals surface area (Å²) in [6.45, 7) is 1.28. The standard InChI is InChI=1S/C23H25F4N7O4/c1-32-8-12(23(25,26)27)5-17(21(32)35)29-22(36)33(2)18-3-4-34(9-16(18)24)13-6-15-19(28-7-13)30-31-20(15)38-14-10-37-11-14/h5-8,14,16,18H,3-4,9-11H2,1-2H3,(H,29,36)(H,28,30,31)/t16-,18-/m0/s1. The van der Waals surface area contributed by atoms with Crippen LogP contribution in [0, 0.1) is 0 Å². The van der Waals surface area contributed by atoms with Gasteiger partial charge in [-0.05, 0) is 18.6 Å². The molecule has 5 rings (SSSR count). The number of anilines is 2. The highest BCUT2D eigenvalue weighted by atomic mass is 19.4. The third-order valence-electron chi connectivity index (χ3n) is 6.70. The van der Waals surface area contributed by atoms with E-state index in [0.29, 0.717) is 54.6 Å². The lowest BCUT2D eigenvalue weighted by molar-refractivity contribution is -0.138. The van der Waals surface area contributed by atoms with Gasteiger partial charge in [-0.1, -0.05) is 0 Å². The van der Waals surface area contributed by atoms with Crippen molar-refractivity contribution in [2.45, 2.75) is 30.9 Å². The van der Waals surface area contributed by atoms with E-state index in [9.17, 15) is 22.8 Å². The number of ether oxygens (including phenoxy) is 2. The largest absolute Gasteiger partial charge is 0.468 e. The molecule has 0 radical (unpaired) electrons. The zero-order valence-electron chi connectivity index (χ0n) is 20.5. The highest BCUT2D eigenvalue weighted by Crippen LogP contribution is 2.31. The van der Waals surface area contributed by atoms with Crippen LogP contribution in [-0.4, -0.2) is 82.3 Å². The minimum absolute atomic E-state index is 0.0503. The summed E-state index contributed by atoms with van der Waals surface area (Å²) >= 11 is 0. The average Bonchev–Trinajstić information content (AvgIpc) is 3.25. The lowest BCUT2D eigenvalue weighted by Gasteiger charge is -2.39. The van der Waals surface area contributed by atoms with Gasteiger partial charge in [0.25, 0.3) is 5.56 Å². The Morgan fingerprint density at radius 2 is 2.08 bits per heavy atom. The summed E-state index contributed by atoms with van der Waals surface area (Å²) in [5, 5.41) is 9.79. The molecule has 11 nitrogen and oxygen atoms in total. The van der Waals surface area contributed by atoms with Crippen molar-refractivity contribution in [2.24, 2.45) is 7.05 Å². The number of fused-ring (bicyclic) bond motifs is 1. The molecule has 0 spiro atoms. The van der Waals surface area contributed by atoms with Gasteiger partial charge in [-0.3, -0.25) is 9.89 Å². The zero-order valence-corrected chi connectivity index (χ0v) is 20.5. The quantitative estimate of drug-likeness (QED) is 0.479. The van der Waals surface area contributed by atoms with E-state index in [1.807, 2.05) is 0 Å². The molecule has 5 heterocycles. The summed E-state index contributed by atoms with van der Waals surface area (Å²) in [7, 11) is 2.49. The first kappa shape index (κ1) is 25.8. The van der Waals surface area contributed by atoms with E-state index in [2.05, 4.69) is 20.5 Å². The van der Waals surface area contributed by atoms with Crippen molar-refractivity contribution in [3.63, 3.8) is 0 Å². The second kappa shape index (κ2) is 9.78. The minimum Gasteiger partial charge on any atom is -0.468 e. The molecule has 0 bridgehead atoms. The van der Waals surface area contributed by atoms with E-state index in [-0.39, 0.29) is 19.1 Å². The van der Waals surface area contributed by atoms with Crippen LogP contribution in [0.15, 0.2) is 29.3 Å². The first-order valence-electron chi connectivity index (χ1n) is 11.8. The number of alkyl halides is 4. The monoisotopic (exact) mass is 539 g/mol. The molecule has 0 unspecified atom stereocenters. The van der Waals surface area contributed by atoms with Crippen LogP contribution < -0.4 is 20.5 Å². The Morgan fingerprint density at radius 3 is 2.74 bits per heavy atom. The smallest absolute Gasteiger partial charge is 0.417 e. The van der Waals surface area contributed by atoms with Gasteiger partial charge in [-0.25, -0.2) is 14.2 Å². The number of urea groups is 1. The van der Waals surface area contributed by atoms with Crippen molar-refractivity contribution in [1.82, 2.24) is 24.6 Å². The third-order valence-corrected chi connectivity index (χ3v) is 6.70. The molecular weight excluding hydrogens is 514 g/mol. The molecule has 204 valence electrons. The maximum Gasteiger partial charge on any atom is 0.417 e. The first-order chi connectivity index (χ1) is 18.0. The van der Waals surface area contributed by atoms with Gasteiger partial charge in [0.2, 0.25) is 5.88 Å². The molecule has 2 aliphatic rings. The Kier molecular flexibility index (Phi) is 6.63. The van der Waals surface area contributed by atoms with Crippen LogP contribution in [0.25, 0.3) is 11.0 Å². The van der Waals surface area contributed by atoms with E-state index in [4.69, 9.17) is 9.47 Å². The Labute approximate surface area is 213 Å². The number of aryl methyl sites for hydroxylation is 1. The summed E-state index contributed by atoms with van der Waals surface area (Å²) in [5.41, 5.74) is -1.28. The predicted molar refractivity (Wildman–Crippen MR) is 128 cm³/mol. The summed E-state index contributed by atoms with van der Waals surface area (Å²) < 4.78 is 66.4. The fourth-order valence-electron chi connectivity index (χ4n) is 4.45. The Bertz CT molecular complexity index is 1400. The molecule has 15 heteroatoms. The predicted octanol–water partition coefficient (Wildman–Crippen LogP) is 2.53. The van der Waals surface area contributed by atoms with Gasteiger partial charge in [0.05, 0.1) is 48.6 Å². The van der Waals surface area contributed by atoms with Crippen molar-refractivity contribution >= 4 is 28.4 Å². The highest BCUT2D eigenvalue weighted by molar-refractivity contribution is 5.89. The molecular formula is C23H25F4N7O4. The number of pyridine rings is 2. The molecule has 3 aromatic heterocycles. The number of hydrogen-bond donors (Lipinski definition) is 2. The molecule has 2 aliphatic heterocycles. The summed E-state index contributed by atoms with van der Waals surface area (Å²) in [6, 6.07) is 0.626. The van der Waals surface area contributed by atoms with Crippen LogP contribution in [0.1, 0.15) is 12.0 Å². The number of nitrogens with one attached hydrogen (secondary N) is 2. The van der Waals surface area contributed by atoms with Gasteiger partial charge in [0, 0.05) is 26.8 Å². The van der Waals surface area contributed by atoms with Crippen molar-refractivity contribution in [3.05, 3.63) is 40.4 Å². The van der Waals surface area contributed by atoms with E-state index >= 15 is 4.39 Å². The molecule has 3 aromatic rings. The van der Waals surface area contributed by atoms with Crippen LogP contribution in [0.2, 0.25) is 0 Å². The van der Waals surface area contributed by atoms with E-state index in [1.54, 1.807) is 17.2 Å². The molecule has 2 amide bonds. The maximum atomic E-state index is 15.3. The maximum absolute atomic E-state index is 15.3. The van der Waals surface area contributed by atoms with Gasteiger partial charge in [0.1, 0.15) is 18.0 Å². The van der Waals surface area contributed by atoms with Gasteiger partial charge in [-0.15, -0.1) is 5.10 Å². The van der Waals surface area contributed by atoms with Crippen molar-refractivity contribution < 1.29 is 31.8 Å². The van der Waals surface area contributed by atoms with Gasteiger partial charge >= 0.3 is 12.2 Å². The number of H-pyrrole nitrogens is 1. The SMILES string of the molecule is CN(C(=O)Nc1cc(C(F)(F)F)cn(C)c1=O)[C@H]1CCN(c2cnc3[nH]nc(OC4COC4)c3c2)C[C@@H]1F. The number of aromatic nitrogens is 4. The summed E-state index contributed by atoms with van der Waals surface area (Å²) in [6.07, 6.45) is -3.82. The number of hydrogen-bond acceptors (Lipinski definition) is 7. The number of carbonyl (C=O) groups excluding carboxylic acids is 1. The number of piperidine rings is 1. The van der Waals surface area contributed by atoms with Gasteiger partial charge in [-0.2, -0.15) is 13.2 Å². The molecule has 2 saturated heterocycles. The number of amides is 2. The topological polar surface area (TPSA) is 118 Å². The van der Waals surface area contributed by atoms with Crippen molar-refractivity contribution in [1.29, 1.82) is 0 Å². The lowest BCUT2D eigenvalue weighted by Crippen LogP contribution is -2.54. The number of carbonyl (C=O) groups is 1. The van der Waals surface area contributed by atoms with Crippen LogP contribution in [-0.2, 0) is 18.0 Å². The van der Waals surface area contributed by atoms with E-state index in [0.717, 1.165) is 16.5 Å². The molecule has 38 heavy (non-hydrogen) atoms. The number of halogens is 4. The number of nitrogens with zero attached hydrogens (tertiary/aromatic N) is 5. The molecule has 0 aromatic carbocycles. The molecule has 0 aliphatic carbocycles. The lowest BCUT2D eigenvalue weighted by atomic mass is 10.0. The van der Waals surface area contributed by atoms with Crippen LogP contribution >= 0.6 is 0 Å². The highest BCUT2D eigenvalue weighted by Gasteiger charge is 2.36. The fraction of sp³-hybridized carbons (Fsp3) is 0.478. The van der Waals surface area contributed by atoms with E-state index < -0.39 is 41.2 Å². The normalized spacial score (nSPS) is 20.3. The van der Waals surface area contributed by atoms with Crippen LogP contribution in [0.4, 0.5) is 33.7 Å². The van der Waals surface area contributed by atoms with Crippen molar-refractivity contribution in [2.75, 3.05) is 43.6 Å². The van der Waals surface area contributed by atoms with Gasteiger partial charge in [0.15, 0.2) is 5.65 Å². The second-order valence-corrected chi connectivity index (χ2v) is 9.31. The number of aromatic amines is 1.